The maximum Gasteiger partial charge on any atom is 0.240 e. The summed E-state index contributed by atoms with van der Waals surface area (Å²) in [5, 5.41) is 18.2. The molecule has 0 fully saturated rings. The van der Waals surface area contributed by atoms with E-state index in [0.29, 0.717) is 13.0 Å². The molecule has 0 aliphatic heterocycles. The minimum atomic E-state index is -0.640. The summed E-state index contributed by atoms with van der Waals surface area (Å²) in [5.74, 6) is 0.0184. The molecule has 5 heteroatoms. The summed E-state index contributed by atoms with van der Waals surface area (Å²) >= 11 is 0. The van der Waals surface area contributed by atoms with Crippen molar-refractivity contribution in [3.63, 3.8) is 0 Å². The zero-order chi connectivity index (χ0) is 14.4. The molecule has 5 nitrogen and oxygen atoms in total. The van der Waals surface area contributed by atoms with E-state index in [1.165, 1.54) is 0 Å². The number of carbonyl (C=O) groups is 1. The van der Waals surface area contributed by atoms with Gasteiger partial charge in [-0.3, -0.25) is 4.79 Å². The molecule has 0 aromatic heterocycles. The molecule has 0 spiro atoms. The van der Waals surface area contributed by atoms with Gasteiger partial charge in [-0.15, -0.1) is 0 Å². The van der Waals surface area contributed by atoms with E-state index in [4.69, 9.17) is 10.8 Å². The van der Waals surface area contributed by atoms with Gasteiger partial charge in [0.15, 0.2) is 0 Å². The van der Waals surface area contributed by atoms with Gasteiger partial charge in [0.2, 0.25) is 5.91 Å². The van der Waals surface area contributed by atoms with Gasteiger partial charge in [-0.25, -0.2) is 0 Å². The molecular weight excluding hydrogens is 244 g/mol. The highest BCUT2D eigenvalue weighted by molar-refractivity contribution is 5.82. The second kappa shape index (κ2) is 7.11. The van der Waals surface area contributed by atoms with Gasteiger partial charge in [0.05, 0.1) is 12.6 Å². The molecular formula is C14H22N2O3. The molecule has 0 saturated carbocycles. The molecule has 106 valence electrons. The first-order valence-corrected chi connectivity index (χ1v) is 6.40. The minimum absolute atomic E-state index is 0.00511. The predicted octanol–water partition coefficient (Wildman–Crippen LogP) is 0.491. The van der Waals surface area contributed by atoms with Gasteiger partial charge in [0.25, 0.3) is 0 Å². The van der Waals surface area contributed by atoms with Crippen LogP contribution in [-0.4, -0.2) is 46.3 Å². The lowest BCUT2D eigenvalue weighted by Gasteiger charge is -2.28. The smallest absolute Gasteiger partial charge is 0.240 e. The summed E-state index contributed by atoms with van der Waals surface area (Å²) in [4.78, 5) is 13.8. The van der Waals surface area contributed by atoms with E-state index in [-0.39, 0.29) is 24.3 Å². The van der Waals surface area contributed by atoms with Crippen LogP contribution in [0.25, 0.3) is 0 Å². The summed E-state index contributed by atoms with van der Waals surface area (Å²) in [5.41, 5.74) is 6.82. The highest BCUT2D eigenvalue weighted by Gasteiger charge is 2.22. The van der Waals surface area contributed by atoms with Crippen molar-refractivity contribution in [2.45, 2.75) is 32.4 Å². The van der Waals surface area contributed by atoms with Crippen molar-refractivity contribution in [1.29, 1.82) is 0 Å². The molecule has 0 bridgehead atoms. The number of carbonyl (C=O) groups excluding carboxylic acids is 1. The van der Waals surface area contributed by atoms with Crippen LogP contribution in [0.15, 0.2) is 24.3 Å². The van der Waals surface area contributed by atoms with Crippen LogP contribution >= 0.6 is 0 Å². The lowest BCUT2D eigenvalue weighted by Crippen LogP contribution is -2.48. The first-order valence-electron chi connectivity index (χ1n) is 6.40. The van der Waals surface area contributed by atoms with Crippen molar-refractivity contribution >= 4 is 5.91 Å². The zero-order valence-electron chi connectivity index (χ0n) is 11.4. The Hall–Kier alpha value is -1.59. The van der Waals surface area contributed by atoms with E-state index < -0.39 is 6.04 Å². The number of hydrogen-bond acceptors (Lipinski definition) is 4. The fourth-order valence-corrected chi connectivity index (χ4v) is 1.92. The fourth-order valence-electron chi connectivity index (χ4n) is 1.92. The lowest BCUT2D eigenvalue weighted by molar-refractivity contribution is -0.134. The molecule has 0 aliphatic rings. The lowest BCUT2D eigenvalue weighted by atomic mass is 10.0. The number of hydrogen-bond donors (Lipinski definition) is 3. The largest absolute Gasteiger partial charge is 0.508 e. The van der Waals surface area contributed by atoms with Gasteiger partial charge in [0, 0.05) is 12.6 Å². The van der Waals surface area contributed by atoms with Gasteiger partial charge >= 0.3 is 0 Å². The van der Waals surface area contributed by atoms with Crippen molar-refractivity contribution in [3.8, 4) is 5.75 Å². The summed E-state index contributed by atoms with van der Waals surface area (Å²) in [6, 6.07) is 5.99. The summed E-state index contributed by atoms with van der Waals surface area (Å²) in [6.45, 7) is 4.00. The molecule has 0 aliphatic carbocycles. The molecule has 0 unspecified atom stereocenters. The van der Waals surface area contributed by atoms with Gasteiger partial charge < -0.3 is 20.8 Å². The molecule has 1 aromatic carbocycles. The topological polar surface area (TPSA) is 86.8 Å². The second-order valence-electron chi connectivity index (χ2n) is 4.83. The first-order chi connectivity index (χ1) is 8.95. The number of aromatic hydroxyl groups is 1. The number of aliphatic hydroxyl groups is 1. The normalized spacial score (nSPS) is 12.5. The summed E-state index contributed by atoms with van der Waals surface area (Å²) in [7, 11) is 0. The molecule has 0 heterocycles. The minimum Gasteiger partial charge on any atom is -0.508 e. The molecule has 0 saturated heterocycles. The Labute approximate surface area is 113 Å². The number of rotatable bonds is 6. The molecule has 1 atom stereocenters. The Morgan fingerprint density at radius 1 is 1.32 bits per heavy atom. The van der Waals surface area contributed by atoms with E-state index >= 15 is 0 Å². The van der Waals surface area contributed by atoms with Crippen LogP contribution in [0, 0.1) is 0 Å². The molecule has 1 aromatic rings. The first kappa shape index (κ1) is 15.5. The van der Waals surface area contributed by atoms with Crippen molar-refractivity contribution < 1.29 is 15.0 Å². The highest BCUT2D eigenvalue weighted by Crippen LogP contribution is 2.12. The van der Waals surface area contributed by atoms with E-state index in [2.05, 4.69) is 0 Å². The summed E-state index contributed by atoms with van der Waals surface area (Å²) in [6.07, 6.45) is 0.410. The van der Waals surface area contributed by atoms with Crippen LogP contribution in [-0.2, 0) is 11.2 Å². The predicted molar refractivity (Wildman–Crippen MR) is 73.7 cm³/mol. The highest BCUT2D eigenvalue weighted by atomic mass is 16.3. The quantitative estimate of drug-likeness (QED) is 0.699. The zero-order valence-corrected chi connectivity index (χ0v) is 11.4. The van der Waals surface area contributed by atoms with Crippen LogP contribution in [0.4, 0.5) is 0 Å². The Morgan fingerprint density at radius 3 is 2.37 bits per heavy atom. The van der Waals surface area contributed by atoms with Gasteiger partial charge in [-0.1, -0.05) is 12.1 Å². The standard InChI is InChI=1S/C14H22N2O3/c1-10(2)16(7-8-17)14(19)13(15)9-11-3-5-12(18)6-4-11/h3-6,10,13,17-18H,7-9,15H2,1-2H3/t13-/m0/s1. The number of phenols is 1. The second-order valence-corrected chi connectivity index (χ2v) is 4.83. The Balaban J connectivity index is 2.67. The van der Waals surface area contributed by atoms with Crippen LogP contribution in [0.3, 0.4) is 0 Å². The number of nitrogens with zero attached hydrogens (tertiary/aromatic N) is 1. The third-order valence-corrected chi connectivity index (χ3v) is 2.96. The van der Waals surface area contributed by atoms with Crippen molar-refractivity contribution in [2.75, 3.05) is 13.2 Å². The third kappa shape index (κ3) is 4.54. The molecule has 4 N–H and O–H groups in total. The van der Waals surface area contributed by atoms with E-state index in [1.54, 1.807) is 29.2 Å². The van der Waals surface area contributed by atoms with Gasteiger partial charge in [-0.2, -0.15) is 0 Å². The number of aliphatic hydroxyl groups excluding tert-OH is 1. The maximum absolute atomic E-state index is 12.2. The number of phenolic OH excluding ortho intramolecular Hbond substituents is 1. The van der Waals surface area contributed by atoms with E-state index in [9.17, 15) is 9.90 Å². The van der Waals surface area contributed by atoms with Gasteiger partial charge in [-0.05, 0) is 38.0 Å². The fraction of sp³-hybridized carbons (Fsp3) is 0.500. The van der Waals surface area contributed by atoms with Crippen LogP contribution in [0.2, 0.25) is 0 Å². The Morgan fingerprint density at radius 2 is 1.89 bits per heavy atom. The number of benzene rings is 1. The Kier molecular flexibility index (Phi) is 5.79. The molecule has 1 rings (SSSR count). The number of amides is 1. The van der Waals surface area contributed by atoms with Crippen LogP contribution < -0.4 is 5.73 Å². The monoisotopic (exact) mass is 266 g/mol. The maximum atomic E-state index is 12.2. The average molecular weight is 266 g/mol. The SMILES string of the molecule is CC(C)N(CCO)C(=O)[C@@H](N)Cc1ccc(O)cc1. The summed E-state index contributed by atoms with van der Waals surface area (Å²) < 4.78 is 0. The van der Waals surface area contributed by atoms with Gasteiger partial charge in [0.1, 0.15) is 5.75 Å². The Bertz CT molecular complexity index is 404. The van der Waals surface area contributed by atoms with E-state index in [0.717, 1.165) is 5.56 Å². The number of nitrogens with two attached hydrogens (primary N) is 1. The third-order valence-electron chi connectivity index (χ3n) is 2.96. The van der Waals surface area contributed by atoms with Crippen LogP contribution in [0.5, 0.6) is 5.75 Å². The molecule has 0 radical (unpaired) electrons. The van der Waals surface area contributed by atoms with Crippen molar-refractivity contribution in [2.24, 2.45) is 5.73 Å². The van der Waals surface area contributed by atoms with Crippen molar-refractivity contribution in [1.82, 2.24) is 4.90 Å². The van der Waals surface area contributed by atoms with Crippen molar-refractivity contribution in [3.05, 3.63) is 29.8 Å². The molecule has 19 heavy (non-hydrogen) atoms. The molecule has 1 amide bonds. The average Bonchev–Trinajstić information content (AvgIpc) is 2.37. The van der Waals surface area contributed by atoms with Crippen LogP contribution in [0.1, 0.15) is 19.4 Å². The van der Waals surface area contributed by atoms with E-state index in [1.807, 2.05) is 13.8 Å².